The highest BCUT2D eigenvalue weighted by Gasteiger charge is 2.38. The Balaban J connectivity index is 1.37. The average Bonchev–Trinajstić information content (AvgIpc) is 3.50. The van der Waals surface area contributed by atoms with Crippen LogP contribution >= 0.6 is 22.7 Å². The van der Waals surface area contributed by atoms with E-state index in [0.29, 0.717) is 35.6 Å². The van der Waals surface area contributed by atoms with E-state index in [-0.39, 0.29) is 9.96 Å². The summed E-state index contributed by atoms with van der Waals surface area (Å²) in [4.78, 5) is 17.6. The molecule has 0 radical (unpaired) electrons. The molecule has 0 spiro atoms. The zero-order valence-electron chi connectivity index (χ0n) is 17.5. The van der Waals surface area contributed by atoms with Crippen molar-refractivity contribution in [1.82, 2.24) is 9.29 Å². The molecule has 0 aliphatic carbocycles. The minimum Gasteiger partial charge on any atom is -0.507 e. The van der Waals surface area contributed by atoms with Gasteiger partial charge >= 0.3 is 0 Å². The molecule has 1 fully saturated rings. The van der Waals surface area contributed by atoms with Crippen LogP contribution in [0.5, 0.6) is 5.75 Å². The second-order valence-corrected chi connectivity index (χ2v) is 11.9. The third-order valence-corrected chi connectivity index (χ3v) is 9.95. The van der Waals surface area contributed by atoms with Gasteiger partial charge in [-0.15, -0.1) is 22.7 Å². The van der Waals surface area contributed by atoms with Gasteiger partial charge in [-0.1, -0.05) is 24.6 Å². The van der Waals surface area contributed by atoms with Crippen molar-refractivity contribution in [2.75, 3.05) is 11.9 Å². The number of carbonyl (C=O) groups is 1. The van der Waals surface area contributed by atoms with Crippen LogP contribution in [-0.2, 0) is 14.8 Å². The number of nitrogens with zero attached hydrogens (tertiary/aromatic N) is 2. The predicted molar refractivity (Wildman–Crippen MR) is 131 cm³/mol. The number of aromatic hydroxyl groups is 1. The number of thiazole rings is 1. The smallest absolute Gasteiger partial charge is 0.253 e. The number of piperidine rings is 1. The first-order chi connectivity index (χ1) is 15.9. The first kappa shape index (κ1) is 22.0. The molecule has 1 amide bonds. The Morgan fingerprint density at radius 1 is 1.12 bits per heavy atom. The first-order valence-corrected chi connectivity index (χ1v) is 13.6. The monoisotopic (exact) mass is 499 g/mol. The van der Waals surface area contributed by atoms with E-state index in [2.05, 4.69) is 10.3 Å². The number of rotatable bonds is 5. The number of phenolic OH excluding ortho intramolecular Hbond substituents is 1. The zero-order valence-corrected chi connectivity index (χ0v) is 19.9. The van der Waals surface area contributed by atoms with Crippen LogP contribution in [0.1, 0.15) is 19.3 Å². The largest absolute Gasteiger partial charge is 0.507 e. The number of nitrogens with one attached hydrogen (secondary N) is 1. The average molecular weight is 500 g/mol. The third-order valence-electron chi connectivity index (χ3n) is 5.60. The van der Waals surface area contributed by atoms with Crippen molar-refractivity contribution in [3.63, 3.8) is 0 Å². The lowest BCUT2D eigenvalue weighted by molar-refractivity contribution is -0.120. The number of phenols is 1. The maximum absolute atomic E-state index is 13.1. The number of amides is 1. The van der Waals surface area contributed by atoms with E-state index in [4.69, 9.17) is 0 Å². The molecule has 4 aromatic rings. The van der Waals surface area contributed by atoms with Gasteiger partial charge in [-0.25, -0.2) is 13.4 Å². The summed E-state index contributed by atoms with van der Waals surface area (Å²) in [5.41, 5.74) is 1.84. The van der Waals surface area contributed by atoms with E-state index in [9.17, 15) is 18.3 Å². The fourth-order valence-electron chi connectivity index (χ4n) is 3.98. The van der Waals surface area contributed by atoms with Crippen LogP contribution in [0, 0.1) is 0 Å². The molecule has 1 aliphatic rings. The molecule has 1 atom stereocenters. The molecular formula is C23H21N3O4S3. The van der Waals surface area contributed by atoms with Crippen molar-refractivity contribution in [2.45, 2.75) is 29.5 Å². The molecule has 170 valence electrons. The van der Waals surface area contributed by atoms with Crippen molar-refractivity contribution < 1.29 is 18.3 Å². The number of aromatic nitrogens is 1. The van der Waals surface area contributed by atoms with Crippen molar-refractivity contribution >= 4 is 54.5 Å². The molecule has 0 bridgehead atoms. The Morgan fingerprint density at radius 3 is 2.73 bits per heavy atom. The maximum atomic E-state index is 13.1. The molecule has 1 saturated heterocycles. The molecule has 1 unspecified atom stereocenters. The van der Waals surface area contributed by atoms with E-state index >= 15 is 0 Å². The van der Waals surface area contributed by atoms with Gasteiger partial charge in [0.1, 0.15) is 21.0 Å². The molecule has 33 heavy (non-hydrogen) atoms. The summed E-state index contributed by atoms with van der Waals surface area (Å²) in [6.07, 6.45) is 1.94. The zero-order chi connectivity index (χ0) is 23.0. The lowest BCUT2D eigenvalue weighted by Crippen LogP contribution is -2.49. The second-order valence-electron chi connectivity index (χ2n) is 7.77. The maximum Gasteiger partial charge on any atom is 0.253 e. The minimum absolute atomic E-state index is 0.00133. The molecule has 1 aliphatic heterocycles. The minimum atomic E-state index is -3.73. The summed E-state index contributed by atoms with van der Waals surface area (Å²) in [5.74, 6) is -0.402. The molecule has 7 nitrogen and oxygen atoms in total. The fourth-order valence-corrected chi connectivity index (χ4v) is 7.76. The summed E-state index contributed by atoms with van der Waals surface area (Å²) >= 11 is 2.62. The fraction of sp³-hybridized carbons (Fsp3) is 0.217. The number of fused-ring (bicyclic) bond motifs is 1. The van der Waals surface area contributed by atoms with Gasteiger partial charge in [0.15, 0.2) is 0 Å². The highest BCUT2D eigenvalue weighted by atomic mass is 32.2. The quantitative estimate of drug-likeness (QED) is 0.406. The van der Waals surface area contributed by atoms with Crippen LogP contribution in [0.15, 0.2) is 64.2 Å². The van der Waals surface area contributed by atoms with E-state index < -0.39 is 22.0 Å². The number of thiophene rings is 1. The number of carbonyl (C=O) groups excluding carboxylic acids is 1. The first-order valence-electron chi connectivity index (χ1n) is 10.5. The molecule has 3 heterocycles. The third kappa shape index (κ3) is 4.26. The second kappa shape index (κ2) is 8.86. The van der Waals surface area contributed by atoms with E-state index in [1.807, 2.05) is 24.3 Å². The summed E-state index contributed by atoms with van der Waals surface area (Å²) in [6, 6.07) is 15.1. The number of anilines is 1. The van der Waals surface area contributed by atoms with Crippen molar-refractivity contribution in [3.8, 4) is 16.3 Å². The number of hydrogen-bond donors (Lipinski definition) is 2. The molecule has 10 heteroatoms. The van der Waals surface area contributed by atoms with Crippen LogP contribution in [0.2, 0.25) is 0 Å². The Labute approximate surface area is 199 Å². The van der Waals surface area contributed by atoms with Crippen LogP contribution in [0.4, 0.5) is 5.69 Å². The topological polar surface area (TPSA) is 99.6 Å². The summed E-state index contributed by atoms with van der Waals surface area (Å²) in [7, 11) is -3.73. The number of benzene rings is 2. The number of hydrogen-bond acceptors (Lipinski definition) is 7. The molecule has 5 rings (SSSR count). The van der Waals surface area contributed by atoms with Crippen LogP contribution in [0.3, 0.4) is 0 Å². The van der Waals surface area contributed by atoms with Gasteiger partial charge in [-0.05, 0) is 48.6 Å². The number of para-hydroxylation sites is 1. The normalized spacial score (nSPS) is 17.3. The van der Waals surface area contributed by atoms with Crippen LogP contribution in [0.25, 0.3) is 20.8 Å². The van der Waals surface area contributed by atoms with Gasteiger partial charge in [-0.2, -0.15) is 4.31 Å². The Hall–Kier alpha value is -2.79. The summed E-state index contributed by atoms with van der Waals surface area (Å²) in [5, 5.41) is 15.8. The molecular weight excluding hydrogens is 478 g/mol. The van der Waals surface area contributed by atoms with Gasteiger partial charge in [0.05, 0.1) is 15.8 Å². The molecule has 2 N–H and O–H groups in total. The van der Waals surface area contributed by atoms with Crippen molar-refractivity contribution in [3.05, 3.63) is 60.0 Å². The van der Waals surface area contributed by atoms with Gasteiger partial charge in [-0.3, -0.25) is 4.79 Å². The highest BCUT2D eigenvalue weighted by Crippen LogP contribution is 2.37. The summed E-state index contributed by atoms with van der Waals surface area (Å²) in [6.45, 7) is 0.306. The lowest BCUT2D eigenvalue weighted by atomic mass is 10.0. The standard InChI is InChI=1S/C23H21N3O4S3/c27-19-14-15(10-11-16(19)23-25-17-6-1-2-8-20(17)32-23)24-22(28)18-7-3-4-12-26(18)33(29,30)21-9-5-13-31-21/h1-2,5-6,8-11,13-14,18,27H,3-4,7,12H2,(H,24,28). The number of sulfonamides is 1. The van der Waals surface area contributed by atoms with Gasteiger partial charge < -0.3 is 10.4 Å². The Kier molecular flexibility index (Phi) is 5.92. The Morgan fingerprint density at radius 2 is 1.97 bits per heavy atom. The summed E-state index contributed by atoms with van der Waals surface area (Å²) < 4.78 is 28.7. The SMILES string of the molecule is O=C(Nc1ccc(-c2nc3ccccc3s2)c(O)c1)C1CCCCN1S(=O)(=O)c1cccs1. The van der Waals surface area contributed by atoms with E-state index in [1.54, 1.807) is 29.6 Å². The highest BCUT2D eigenvalue weighted by molar-refractivity contribution is 7.91. The van der Waals surface area contributed by atoms with E-state index in [1.165, 1.54) is 21.7 Å². The Bertz CT molecular complexity index is 1380. The molecule has 2 aromatic carbocycles. The van der Waals surface area contributed by atoms with Crippen LogP contribution < -0.4 is 5.32 Å². The van der Waals surface area contributed by atoms with Gasteiger partial charge in [0, 0.05) is 18.3 Å². The predicted octanol–water partition coefficient (Wildman–Crippen LogP) is 4.91. The van der Waals surface area contributed by atoms with Crippen molar-refractivity contribution in [2.24, 2.45) is 0 Å². The van der Waals surface area contributed by atoms with E-state index in [0.717, 1.165) is 28.0 Å². The molecule has 0 saturated carbocycles. The lowest BCUT2D eigenvalue weighted by Gasteiger charge is -2.33. The molecule has 2 aromatic heterocycles. The van der Waals surface area contributed by atoms with Crippen LogP contribution in [-0.4, -0.2) is 41.3 Å². The van der Waals surface area contributed by atoms with Crippen molar-refractivity contribution in [1.29, 1.82) is 0 Å². The van der Waals surface area contributed by atoms with Gasteiger partial charge in [0.2, 0.25) is 5.91 Å². The van der Waals surface area contributed by atoms with Gasteiger partial charge in [0.25, 0.3) is 10.0 Å².